The Morgan fingerprint density at radius 3 is 2.78 bits per heavy atom. The number of fused-ring (bicyclic) bond motifs is 1. The average Bonchev–Trinajstić information content (AvgIpc) is 2.95. The van der Waals surface area contributed by atoms with Crippen molar-refractivity contribution >= 4 is 11.2 Å². The molecule has 0 amide bonds. The summed E-state index contributed by atoms with van der Waals surface area (Å²) in [5, 5.41) is 0. The van der Waals surface area contributed by atoms with Gasteiger partial charge in [0, 0.05) is 24.3 Å². The van der Waals surface area contributed by atoms with Gasteiger partial charge in [0.15, 0.2) is 5.65 Å². The van der Waals surface area contributed by atoms with Crippen LogP contribution in [0.4, 0.5) is 4.39 Å². The predicted molar refractivity (Wildman–Crippen MR) is 88.3 cm³/mol. The molecule has 1 aromatic carbocycles. The van der Waals surface area contributed by atoms with Gasteiger partial charge < -0.3 is 4.90 Å². The largest absolute Gasteiger partial charge is 0.306 e. The number of hydrogen-bond donors (Lipinski definition) is 0. The normalized spacial score (nSPS) is 19.3. The SMILES string of the molecule is CN1CCCC(c2nc3cccnc3n2-c2ccc(F)cc2)C1. The summed E-state index contributed by atoms with van der Waals surface area (Å²) in [7, 11) is 2.15. The second kappa shape index (κ2) is 5.74. The number of nitrogens with zero attached hydrogens (tertiary/aromatic N) is 4. The van der Waals surface area contributed by atoms with Gasteiger partial charge in [-0.15, -0.1) is 0 Å². The molecule has 0 aliphatic carbocycles. The first-order valence-electron chi connectivity index (χ1n) is 8.00. The first-order chi connectivity index (χ1) is 11.2. The molecule has 1 saturated heterocycles. The van der Waals surface area contributed by atoms with E-state index in [1.165, 1.54) is 18.6 Å². The molecule has 0 bridgehead atoms. The molecule has 1 fully saturated rings. The fourth-order valence-electron chi connectivity index (χ4n) is 3.43. The van der Waals surface area contributed by atoms with E-state index < -0.39 is 0 Å². The standard InChI is InChI=1S/C18H19FN4/c1-22-11-3-4-13(12-22)17-21-16-5-2-10-20-18(16)23(17)15-8-6-14(19)7-9-15/h2,5-10,13H,3-4,11-12H2,1H3. The number of halogens is 1. The molecule has 118 valence electrons. The quantitative estimate of drug-likeness (QED) is 0.728. The molecule has 23 heavy (non-hydrogen) atoms. The van der Waals surface area contributed by atoms with E-state index in [0.29, 0.717) is 5.92 Å². The van der Waals surface area contributed by atoms with E-state index in [9.17, 15) is 4.39 Å². The Morgan fingerprint density at radius 2 is 2.00 bits per heavy atom. The summed E-state index contributed by atoms with van der Waals surface area (Å²) in [6, 6.07) is 10.4. The molecule has 3 heterocycles. The molecular weight excluding hydrogens is 291 g/mol. The van der Waals surface area contributed by atoms with Gasteiger partial charge in [-0.2, -0.15) is 0 Å². The van der Waals surface area contributed by atoms with Crippen LogP contribution in [0.25, 0.3) is 16.9 Å². The molecule has 1 atom stereocenters. The Hall–Kier alpha value is -2.27. The number of pyridine rings is 1. The van der Waals surface area contributed by atoms with Gasteiger partial charge in [0.25, 0.3) is 0 Å². The maximum Gasteiger partial charge on any atom is 0.164 e. The van der Waals surface area contributed by atoms with Gasteiger partial charge in [-0.25, -0.2) is 14.4 Å². The zero-order chi connectivity index (χ0) is 15.8. The van der Waals surface area contributed by atoms with Gasteiger partial charge in [-0.1, -0.05) is 0 Å². The molecule has 5 heteroatoms. The maximum absolute atomic E-state index is 13.3. The first kappa shape index (κ1) is 14.3. The van der Waals surface area contributed by atoms with Crippen molar-refractivity contribution in [3.8, 4) is 5.69 Å². The number of piperidine rings is 1. The zero-order valence-corrected chi connectivity index (χ0v) is 13.1. The Balaban J connectivity index is 1.89. The number of likely N-dealkylation sites (N-methyl/N-ethyl adjacent to an activating group) is 1. The third-order valence-electron chi connectivity index (χ3n) is 4.52. The molecule has 1 unspecified atom stereocenters. The van der Waals surface area contributed by atoms with Crippen molar-refractivity contribution in [3.05, 3.63) is 54.2 Å². The monoisotopic (exact) mass is 310 g/mol. The summed E-state index contributed by atoms with van der Waals surface area (Å²) in [4.78, 5) is 11.7. The fraction of sp³-hybridized carbons (Fsp3) is 0.333. The minimum atomic E-state index is -0.231. The van der Waals surface area contributed by atoms with Crippen LogP contribution in [0.5, 0.6) is 0 Å². The van der Waals surface area contributed by atoms with Gasteiger partial charge in [-0.05, 0) is 62.8 Å². The molecule has 0 saturated carbocycles. The summed E-state index contributed by atoms with van der Waals surface area (Å²) in [5.74, 6) is 1.16. The molecule has 4 nitrogen and oxygen atoms in total. The second-order valence-electron chi connectivity index (χ2n) is 6.23. The number of likely N-dealkylation sites (tertiary alicyclic amines) is 1. The van der Waals surface area contributed by atoms with Crippen LogP contribution in [-0.4, -0.2) is 39.6 Å². The van der Waals surface area contributed by atoms with Crippen molar-refractivity contribution in [1.29, 1.82) is 0 Å². The molecule has 0 N–H and O–H groups in total. The Morgan fingerprint density at radius 1 is 1.17 bits per heavy atom. The number of rotatable bonds is 2. The molecule has 0 radical (unpaired) electrons. The van der Waals surface area contributed by atoms with Gasteiger partial charge in [-0.3, -0.25) is 4.57 Å². The molecule has 1 aliphatic heterocycles. The molecule has 4 rings (SSSR count). The summed E-state index contributed by atoms with van der Waals surface area (Å²) >= 11 is 0. The Labute approximate surface area is 134 Å². The van der Waals surface area contributed by atoms with Gasteiger partial charge >= 0.3 is 0 Å². The van der Waals surface area contributed by atoms with Crippen LogP contribution in [0.3, 0.4) is 0 Å². The van der Waals surface area contributed by atoms with Crippen LogP contribution >= 0.6 is 0 Å². The average molecular weight is 310 g/mol. The molecule has 3 aromatic rings. The lowest BCUT2D eigenvalue weighted by Gasteiger charge is -2.29. The number of aromatic nitrogens is 3. The third kappa shape index (κ3) is 2.61. The lowest BCUT2D eigenvalue weighted by Crippen LogP contribution is -2.32. The van der Waals surface area contributed by atoms with E-state index in [1.54, 1.807) is 18.3 Å². The fourth-order valence-corrected chi connectivity index (χ4v) is 3.43. The first-order valence-corrected chi connectivity index (χ1v) is 8.00. The summed E-state index contributed by atoms with van der Waals surface area (Å²) < 4.78 is 15.4. The van der Waals surface area contributed by atoms with Crippen LogP contribution in [-0.2, 0) is 0 Å². The lowest BCUT2D eigenvalue weighted by atomic mass is 9.97. The van der Waals surface area contributed by atoms with Crippen LogP contribution in [0.1, 0.15) is 24.6 Å². The van der Waals surface area contributed by atoms with Gasteiger partial charge in [0.1, 0.15) is 17.2 Å². The van der Waals surface area contributed by atoms with Crippen LogP contribution in [0, 0.1) is 5.82 Å². The zero-order valence-electron chi connectivity index (χ0n) is 13.1. The minimum Gasteiger partial charge on any atom is -0.306 e. The van der Waals surface area contributed by atoms with Gasteiger partial charge in [0.2, 0.25) is 0 Å². The Bertz CT molecular complexity index is 825. The summed E-state index contributed by atoms with van der Waals surface area (Å²) in [6.45, 7) is 2.12. The van der Waals surface area contributed by atoms with Gasteiger partial charge in [0.05, 0.1) is 0 Å². The predicted octanol–water partition coefficient (Wildman–Crippen LogP) is 3.37. The number of benzene rings is 1. The number of imidazole rings is 1. The highest BCUT2D eigenvalue weighted by atomic mass is 19.1. The summed E-state index contributed by atoms with van der Waals surface area (Å²) in [6.07, 6.45) is 4.07. The van der Waals surface area contributed by atoms with Crippen molar-refractivity contribution in [2.24, 2.45) is 0 Å². The van der Waals surface area contributed by atoms with Crippen molar-refractivity contribution in [2.75, 3.05) is 20.1 Å². The van der Waals surface area contributed by atoms with Crippen molar-refractivity contribution in [3.63, 3.8) is 0 Å². The summed E-state index contributed by atoms with van der Waals surface area (Å²) in [5.41, 5.74) is 2.64. The Kier molecular flexibility index (Phi) is 3.58. The smallest absolute Gasteiger partial charge is 0.164 e. The highest BCUT2D eigenvalue weighted by Gasteiger charge is 2.25. The van der Waals surface area contributed by atoms with Crippen molar-refractivity contribution in [1.82, 2.24) is 19.4 Å². The van der Waals surface area contributed by atoms with Crippen LogP contribution < -0.4 is 0 Å². The maximum atomic E-state index is 13.3. The van der Waals surface area contributed by atoms with Crippen LogP contribution in [0.2, 0.25) is 0 Å². The van der Waals surface area contributed by atoms with E-state index in [-0.39, 0.29) is 5.82 Å². The number of hydrogen-bond acceptors (Lipinski definition) is 3. The highest BCUT2D eigenvalue weighted by molar-refractivity contribution is 5.74. The van der Waals surface area contributed by atoms with E-state index in [1.807, 2.05) is 12.1 Å². The highest BCUT2D eigenvalue weighted by Crippen LogP contribution is 2.30. The van der Waals surface area contributed by atoms with Crippen molar-refractivity contribution < 1.29 is 4.39 Å². The molecule has 0 spiro atoms. The third-order valence-corrected chi connectivity index (χ3v) is 4.52. The molecule has 2 aromatic heterocycles. The second-order valence-corrected chi connectivity index (χ2v) is 6.23. The van der Waals surface area contributed by atoms with Crippen LogP contribution in [0.15, 0.2) is 42.6 Å². The minimum absolute atomic E-state index is 0.231. The molecule has 1 aliphatic rings. The van der Waals surface area contributed by atoms with Crippen molar-refractivity contribution in [2.45, 2.75) is 18.8 Å². The van der Waals surface area contributed by atoms with E-state index >= 15 is 0 Å². The van der Waals surface area contributed by atoms with E-state index in [0.717, 1.165) is 42.2 Å². The lowest BCUT2D eigenvalue weighted by molar-refractivity contribution is 0.245. The molecular formula is C18H19FN4. The van der Waals surface area contributed by atoms with E-state index in [2.05, 4.69) is 21.5 Å². The topological polar surface area (TPSA) is 34.0 Å². The van der Waals surface area contributed by atoms with E-state index in [4.69, 9.17) is 4.98 Å².